The van der Waals surface area contributed by atoms with Gasteiger partial charge in [0.15, 0.2) is 0 Å². The van der Waals surface area contributed by atoms with Crippen molar-refractivity contribution in [2.24, 2.45) is 0 Å². The molecule has 2 N–H and O–H groups in total. The highest BCUT2D eigenvalue weighted by atomic mass is 16.5. The van der Waals surface area contributed by atoms with E-state index in [1.807, 2.05) is 0 Å². The molecule has 1 aromatic rings. The second-order valence-electron chi connectivity index (χ2n) is 3.30. The Hall–Kier alpha value is -1.36. The van der Waals surface area contributed by atoms with Gasteiger partial charge in [-0.3, -0.25) is 4.79 Å². The van der Waals surface area contributed by atoms with Crippen LogP contribution in [-0.2, 0) is 17.8 Å². The second-order valence-corrected chi connectivity index (χ2v) is 3.30. The Morgan fingerprint density at radius 2 is 2.43 bits per heavy atom. The first-order chi connectivity index (χ1) is 6.81. The molecule has 0 bridgehead atoms. The molecule has 0 fully saturated rings. The largest absolute Gasteiger partial charge is 0.377 e. The molecule has 0 amide bonds. The fourth-order valence-corrected chi connectivity index (χ4v) is 1.60. The smallest absolute Gasteiger partial charge is 0.256 e. The summed E-state index contributed by atoms with van der Waals surface area (Å²) in [6.07, 6.45) is 1.79. The highest BCUT2D eigenvalue weighted by Gasteiger charge is 2.14. The minimum Gasteiger partial charge on any atom is -0.377 e. The standard InChI is InChI=1S/C9H13N3O2/c1-14-5-7-11-8-6(9(13)12-7)3-2-4-10-8/h2-5H2,1H3,(H2,10,11,12,13). The maximum atomic E-state index is 11.6. The van der Waals surface area contributed by atoms with Gasteiger partial charge in [0.1, 0.15) is 18.2 Å². The molecule has 2 heterocycles. The van der Waals surface area contributed by atoms with Crippen LogP contribution in [0.25, 0.3) is 0 Å². The summed E-state index contributed by atoms with van der Waals surface area (Å²) in [6, 6.07) is 0. The molecule has 5 heteroatoms. The summed E-state index contributed by atoms with van der Waals surface area (Å²) >= 11 is 0. The van der Waals surface area contributed by atoms with Crippen molar-refractivity contribution in [2.75, 3.05) is 19.0 Å². The zero-order valence-electron chi connectivity index (χ0n) is 8.09. The molecule has 1 aliphatic rings. The first-order valence-electron chi connectivity index (χ1n) is 4.66. The van der Waals surface area contributed by atoms with E-state index in [0.717, 1.165) is 24.9 Å². The van der Waals surface area contributed by atoms with Crippen molar-refractivity contribution >= 4 is 5.82 Å². The predicted octanol–water partition coefficient (Wildman–Crippen LogP) is 0.274. The lowest BCUT2D eigenvalue weighted by Gasteiger charge is -2.16. The Labute approximate surface area is 81.5 Å². The minimum absolute atomic E-state index is 0.0470. The van der Waals surface area contributed by atoms with Gasteiger partial charge in [-0.1, -0.05) is 0 Å². The third kappa shape index (κ3) is 1.63. The van der Waals surface area contributed by atoms with E-state index >= 15 is 0 Å². The number of hydrogen-bond donors (Lipinski definition) is 2. The van der Waals surface area contributed by atoms with Gasteiger partial charge in [-0.25, -0.2) is 4.98 Å². The summed E-state index contributed by atoms with van der Waals surface area (Å²) in [5.74, 6) is 1.29. The lowest BCUT2D eigenvalue weighted by Crippen LogP contribution is -2.25. The van der Waals surface area contributed by atoms with E-state index in [1.54, 1.807) is 7.11 Å². The molecule has 0 spiro atoms. The molecular weight excluding hydrogens is 182 g/mol. The molecular formula is C9H13N3O2. The molecule has 0 saturated heterocycles. The van der Waals surface area contributed by atoms with Crippen LogP contribution in [0, 0.1) is 0 Å². The number of aromatic amines is 1. The molecule has 76 valence electrons. The number of ether oxygens (including phenoxy) is 1. The average molecular weight is 195 g/mol. The summed E-state index contributed by atoms with van der Waals surface area (Å²) in [4.78, 5) is 18.5. The molecule has 0 aliphatic carbocycles. The normalized spacial score (nSPS) is 14.6. The minimum atomic E-state index is -0.0470. The summed E-state index contributed by atoms with van der Waals surface area (Å²) in [6.45, 7) is 1.22. The Morgan fingerprint density at radius 3 is 3.21 bits per heavy atom. The zero-order chi connectivity index (χ0) is 9.97. The highest BCUT2D eigenvalue weighted by molar-refractivity contribution is 5.44. The maximum absolute atomic E-state index is 11.6. The Kier molecular flexibility index (Phi) is 2.49. The second kappa shape index (κ2) is 3.79. The van der Waals surface area contributed by atoms with E-state index in [0.29, 0.717) is 18.2 Å². The van der Waals surface area contributed by atoms with Gasteiger partial charge in [0.25, 0.3) is 5.56 Å². The average Bonchev–Trinajstić information content (AvgIpc) is 2.18. The van der Waals surface area contributed by atoms with Crippen molar-refractivity contribution in [3.05, 3.63) is 21.7 Å². The molecule has 0 unspecified atom stereocenters. The van der Waals surface area contributed by atoms with Crippen LogP contribution in [-0.4, -0.2) is 23.6 Å². The van der Waals surface area contributed by atoms with Crippen LogP contribution in [0.15, 0.2) is 4.79 Å². The molecule has 14 heavy (non-hydrogen) atoms. The van der Waals surface area contributed by atoms with Gasteiger partial charge in [-0.05, 0) is 12.8 Å². The van der Waals surface area contributed by atoms with Gasteiger partial charge in [-0.2, -0.15) is 0 Å². The highest BCUT2D eigenvalue weighted by Crippen LogP contribution is 2.14. The summed E-state index contributed by atoms with van der Waals surface area (Å²) in [5, 5.41) is 3.12. The summed E-state index contributed by atoms with van der Waals surface area (Å²) in [5.41, 5.74) is 0.713. The molecule has 1 aliphatic heterocycles. The number of nitrogens with one attached hydrogen (secondary N) is 2. The van der Waals surface area contributed by atoms with Crippen LogP contribution < -0.4 is 10.9 Å². The van der Waals surface area contributed by atoms with Gasteiger partial charge in [0.2, 0.25) is 0 Å². The molecule has 2 rings (SSSR count). The Balaban J connectivity index is 2.41. The number of hydrogen-bond acceptors (Lipinski definition) is 4. The van der Waals surface area contributed by atoms with Crippen molar-refractivity contribution in [1.82, 2.24) is 9.97 Å². The first kappa shape index (κ1) is 9.21. The van der Waals surface area contributed by atoms with Crippen LogP contribution in [0.4, 0.5) is 5.82 Å². The molecule has 0 aromatic carbocycles. The van der Waals surface area contributed by atoms with E-state index in [2.05, 4.69) is 15.3 Å². The van der Waals surface area contributed by atoms with Crippen LogP contribution in [0.1, 0.15) is 17.8 Å². The molecule has 1 aromatic heterocycles. The van der Waals surface area contributed by atoms with Crippen LogP contribution in [0.2, 0.25) is 0 Å². The fourth-order valence-electron chi connectivity index (χ4n) is 1.60. The number of nitrogens with zero attached hydrogens (tertiary/aromatic N) is 1. The number of H-pyrrole nitrogens is 1. The van der Waals surface area contributed by atoms with Gasteiger partial charge >= 0.3 is 0 Å². The lowest BCUT2D eigenvalue weighted by molar-refractivity contribution is 0.177. The zero-order valence-corrected chi connectivity index (χ0v) is 8.09. The van der Waals surface area contributed by atoms with Crippen molar-refractivity contribution in [3.63, 3.8) is 0 Å². The number of methoxy groups -OCH3 is 1. The van der Waals surface area contributed by atoms with E-state index < -0.39 is 0 Å². The molecule has 0 atom stereocenters. The van der Waals surface area contributed by atoms with Crippen LogP contribution >= 0.6 is 0 Å². The quantitative estimate of drug-likeness (QED) is 0.711. The van der Waals surface area contributed by atoms with Crippen molar-refractivity contribution < 1.29 is 4.74 Å². The topological polar surface area (TPSA) is 67.0 Å². The third-order valence-corrected chi connectivity index (χ3v) is 2.24. The molecule has 5 nitrogen and oxygen atoms in total. The Morgan fingerprint density at radius 1 is 1.57 bits per heavy atom. The number of aromatic nitrogens is 2. The summed E-state index contributed by atoms with van der Waals surface area (Å²) in [7, 11) is 1.58. The van der Waals surface area contributed by atoms with E-state index in [4.69, 9.17) is 4.74 Å². The SMILES string of the molecule is COCc1nc2c(c(=O)[nH]1)CCCN2. The van der Waals surface area contributed by atoms with E-state index in [-0.39, 0.29) is 5.56 Å². The van der Waals surface area contributed by atoms with Crippen LogP contribution in [0.3, 0.4) is 0 Å². The van der Waals surface area contributed by atoms with Gasteiger partial charge < -0.3 is 15.0 Å². The molecule has 0 saturated carbocycles. The summed E-state index contributed by atoms with van der Waals surface area (Å²) < 4.78 is 4.91. The van der Waals surface area contributed by atoms with E-state index in [1.165, 1.54) is 0 Å². The molecule has 0 radical (unpaired) electrons. The maximum Gasteiger partial charge on any atom is 0.256 e. The number of fused-ring (bicyclic) bond motifs is 1. The van der Waals surface area contributed by atoms with Crippen molar-refractivity contribution in [2.45, 2.75) is 19.4 Å². The van der Waals surface area contributed by atoms with Gasteiger partial charge in [0, 0.05) is 13.7 Å². The fraction of sp³-hybridized carbons (Fsp3) is 0.556. The van der Waals surface area contributed by atoms with Gasteiger partial charge in [-0.15, -0.1) is 0 Å². The lowest BCUT2D eigenvalue weighted by atomic mass is 10.1. The monoisotopic (exact) mass is 195 g/mol. The third-order valence-electron chi connectivity index (χ3n) is 2.24. The number of rotatable bonds is 2. The Bertz CT molecular complexity index is 386. The van der Waals surface area contributed by atoms with E-state index in [9.17, 15) is 4.79 Å². The van der Waals surface area contributed by atoms with Crippen molar-refractivity contribution in [3.8, 4) is 0 Å². The van der Waals surface area contributed by atoms with Crippen molar-refractivity contribution in [1.29, 1.82) is 0 Å². The first-order valence-corrected chi connectivity index (χ1v) is 4.66. The van der Waals surface area contributed by atoms with Gasteiger partial charge in [0.05, 0.1) is 5.56 Å². The predicted molar refractivity (Wildman–Crippen MR) is 52.4 cm³/mol. The number of anilines is 1. The van der Waals surface area contributed by atoms with Crippen LogP contribution in [0.5, 0.6) is 0 Å².